The predicted octanol–water partition coefficient (Wildman–Crippen LogP) is 3.94. The Balaban J connectivity index is 1.93. The maximum Gasteiger partial charge on any atom is 0.276 e. The molecule has 2 aromatic rings. The van der Waals surface area contributed by atoms with Crippen molar-refractivity contribution in [2.75, 3.05) is 6.54 Å². The zero-order valence-electron chi connectivity index (χ0n) is 14.3. The maximum absolute atomic E-state index is 13.0. The summed E-state index contributed by atoms with van der Waals surface area (Å²) in [6.45, 7) is 4.72. The molecule has 0 saturated carbocycles. The zero-order chi connectivity index (χ0) is 17.3. The SMILES string of the molecule is CC(C)c1cc(C(=O)N2CCCCC[C@@H]2c2c(Cl)cnn2C)no1. The van der Waals surface area contributed by atoms with Crippen molar-refractivity contribution in [3.63, 3.8) is 0 Å². The molecule has 0 spiro atoms. The molecule has 1 fully saturated rings. The zero-order valence-corrected chi connectivity index (χ0v) is 15.1. The van der Waals surface area contributed by atoms with E-state index in [1.165, 1.54) is 0 Å². The van der Waals surface area contributed by atoms with Gasteiger partial charge in [0.15, 0.2) is 5.69 Å². The molecule has 0 bridgehead atoms. The summed E-state index contributed by atoms with van der Waals surface area (Å²) in [5.74, 6) is 0.823. The van der Waals surface area contributed by atoms with E-state index in [1.807, 2.05) is 25.8 Å². The van der Waals surface area contributed by atoms with Crippen molar-refractivity contribution >= 4 is 17.5 Å². The molecule has 1 aliphatic rings. The van der Waals surface area contributed by atoms with Crippen LogP contribution in [0.2, 0.25) is 5.02 Å². The first-order chi connectivity index (χ1) is 11.5. The largest absolute Gasteiger partial charge is 0.360 e. The Morgan fingerprint density at radius 1 is 1.38 bits per heavy atom. The van der Waals surface area contributed by atoms with Crippen molar-refractivity contribution in [2.24, 2.45) is 7.05 Å². The lowest BCUT2D eigenvalue weighted by Gasteiger charge is -2.29. The molecule has 1 atom stereocenters. The summed E-state index contributed by atoms with van der Waals surface area (Å²) in [6, 6.07) is 1.67. The monoisotopic (exact) mass is 350 g/mol. The lowest BCUT2D eigenvalue weighted by molar-refractivity contribution is 0.0663. The molecular weight excluding hydrogens is 328 g/mol. The third-order valence-corrected chi connectivity index (χ3v) is 4.87. The normalized spacial score (nSPS) is 18.9. The van der Waals surface area contributed by atoms with E-state index in [4.69, 9.17) is 16.1 Å². The molecule has 0 unspecified atom stereocenters. The number of hydrogen-bond acceptors (Lipinski definition) is 4. The van der Waals surface area contributed by atoms with E-state index in [0.29, 0.717) is 17.3 Å². The van der Waals surface area contributed by atoms with Gasteiger partial charge < -0.3 is 9.42 Å². The Labute approximate surface area is 146 Å². The first-order valence-electron chi connectivity index (χ1n) is 8.44. The van der Waals surface area contributed by atoms with Crippen LogP contribution in [0.25, 0.3) is 0 Å². The summed E-state index contributed by atoms with van der Waals surface area (Å²) < 4.78 is 7.07. The minimum Gasteiger partial charge on any atom is -0.360 e. The highest BCUT2D eigenvalue weighted by Gasteiger charge is 2.32. The van der Waals surface area contributed by atoms with Gasteiger partial charge in [0.05, 0.1) is 23.0 Å². The van der Waals surface area contributed by atoms with Crippen LogP contribution in [0.5, 0.6) is 0 Å². The topological polar surface area (TPSA) is 64.2 Å². The molecular formula is C17H23ClN4O2. The van der Waals surface area contributed by atoms with Gasteiger partial charge in [-0.3, -0.25) is 9.48 Å². The van der Waals surface area contributed by atoms with Crippen LogP contribution in [0.4, 0.5) is 0 Å². The van der Waals surface area contributed by atoms with Gasteiger partial charge in [0.25, 0.3) is 5.91 Å². The first kappa shape index (κ1) is 17.0. The molecule has 0 aliphatic carbocycles. The van der Waals surface area contributed by atoms with Gasteiger partial charge in [-0.25, -0.2) is 0 Å². The number of carbonyl (C=O) groups is 1. The van der Waals surface area contributed by atoms with Crippen LogP contribution >= 0.6 is 11.6 Å². The lowest BCUT2D eigenvalue weighted by atomic mass is 10.1. The number of aryl methyl sites for hydroxylation is 1. The highest BCUT2D eigenvalue weighted by molar-refractivity contribution is 6.31. The summed E-state index contributed by atoms with van der Waals surface area (Å²) in [4.78, 5) is 14.9. The number of hydrogen-bond donors (Lipinski definition) is 0. The molecule has 7 heteroatoms. The molecule has 130 valence electrons. The Morgan fingerprint density at radius 2 is 2.17 bits per heavy atom. The Morgan fingerprint density at radius 3 is 2.79 bits per heavy atom. The van der Waals surface area contributed by atoms with Crippen LogP contribution in [-0.4, -0.2) is 32.3 Å². The Hall–Kier alpha value is -1.82. The van der Waals surface area contributed by atoms with Gasteiger partial charge in [-0.15, -0.1) is 0 Å². The average molecular weight is 351 g/mol. The summed E-state index contributed by atoms with van der Waals surface area (Å²) in [5, 5.41) is 8.81. The highest BCUT2D eigenvalue weighted by atomic mass is 35.5. The molecule has 6 nitrogen and oxygen atoms in total. The van der Waals surface area contributed by atoms with E-state index in [0.717, 1.165) is 37.1 Å². The average Bonchev–Trinajstić information content (AvgIpc) is 3.08. The summed E-state index contributed by atoms with van der Waals surface area (Å²) >= 11 is 6.34. The molecule has 24 heavy (non-hydrogen) atoms. The van der Waals surface area contributed by atoms with E-state index in [9.17, 15) is 4.79 Å². The Kier molecular flexibility index (Phi) is 4.94. The van der Waals surface area contributed by atoms with Crippen LogP contribution in [-0.2, 0) is 7.05 Å². The molecule has 1 saturated heterocycles. The van der Waals surface area contributed by atoms with Crippen molar-refractivity contribution in [3.8, 4) is 0 Å². The van der Waals surface area contributed by atoms with Crippen molar-refractivity contribution in [1.82, 2.24) is 19.8 Å². The molecule has 0 N–H and O–H groups in total. The smallest absolute Gasteiger partial charge is 0.276 e. The van der Waals surface area contributed by atoms with Gasteiger partial charge in [0, 0.05) is 25.6 Å². The fourth-order valence-electron chi connectivity index (χ4n) is 3.24. The minimum absolute atomic E-state index is 0.0841. The third-order valence-electron chi connectivity index (χ3n) is 4.58. The number of aromatic nitrogens is 3. The fourth-order valence-corrected chi connectivity index (χ4v) is 3.53. The molecule has 3 rings (SSSR count). The molecule has 0 radical (unpaired) electrons. The van der Waals surface area contributed by atoms with E-state index in [1.54, 1.807) is 16.9 Å². The number of nitrogens with zero attached hydrogens (tertiary/aromatic N) is 4. The lowest BCUT2D eigenvalue weighted by Crippen LogP contribution is -2.36. The van der Waals surface area contributed by atoms with Gasteiger partial charge in [0.2, 0.25) is 0 Å². The van der Waals surface area contributed by atoms with Gasteiger partial charge in [-0.1, -0.05) is 43.4 Å². The second kappa shape index (κ2) is 6.97. The van der Waals surface area contributed by atoms with Crippen molar-refractivity contribution in [2.45, 2.75) is 51.5 Å². The van der Waals surface area contributed by atoms with Gasteiger partial charge in [-0.2, -0.15) is 5.10 Å². The summed E-state index contributed by atoms with van der Waals surface area (Å²) in [7, 11) is 1.86. The molecule has 0 aromatic carbocycles. The van der Waals surface area contributed by atoms with Gasteiger partial charge in [-0.05, 0) is 12.8 Å². The fraction of sp³-hybridized carbons (Fsp3) is 0.588. The summed E-state index contributed by atoms with van der Waals surface area (Å²) in [6.07, 6.45) is 5.65. The number of halogens is 1. The molecule has 2 aromatic heterocycles. The summed E-state index contributed by atoms with van der Waals surface area (Å²) in [5.41, 5.74) is 1.25. The molecule has 1 aliphatic heterocycles. The van der Waals surface area contributed by atoms with Crippen molar-refractivity contribution in [3.05, 3.63) is 34.4 Å². The van der Waals surface area contributed by atoms with Crippen molar-refractivity contribution in [1.29, 1.82) is 0 Å². The van der Waals surface area contributed by atoms with Crippen LogP contribution < -0.4 is 0 Å². The number of carbonyl (C=O) groups excluding carboxylic acids is 1. The second-order valence-electron chi connectivity index (χ2n) is 6.63. The van der Waals surface area contributed by atoms with Gasteiger partial charge >= 0.3 is 0 Å². The van der Waals surface area contributed by atoms with E-state index >= 15 is 0 Å². The van der Waals surface area contributed by atoms with E-state index < -0.39 is 0 Å². The van der Waals surface area contributed by atoms with Crippen LogP contribution in [0, 0.1) is 0 Å². The first-order valence-corrected chi connectivity index (χ1v) is 8.81. The van der Waals surface area contributed by atoms with E-state index in [-0.39, 0.29) is 17.9 Å². The maximum atomic E-state index is 13.0. The minimum atomic E-state index is -0.102. The standard InChI is InChI=1S/C17H23ClN4O2/c1-11(2)15-9-13(20-24-15)17(23)22-8-6-4-5-7-14(22)16-12(18)10-19-21(16)3/h9-11,14H,4-8H2,1-3H3/t14-/m1/s1. The number of rotatable bonds is 3. The second-order valence-corrected chi connectivity index (χ2v) is 7.04. The Bertz CT molecular complexity index is 702. The number of amides is 1. The predicted molar refractivity (Wildman–Crippen MR) is 91.1 cm³/mol. The van der Waals surface area contributed by atoms with Crippen LogP contribution in [0.3, 0.4) is 0 Å². The van der Waals surface area contributed by atoms with Crippen LogP contribution in [0.1, 0.15) is 73.4 Å². The van der Waals surface area contributed by atoms with E-state index in [2.05, 4.69) is 10.3 Å². The molecule has 3 heterocycles. The number of likely N-dealkylation sites (tertiary alicyclic amines) is 1. The van der Waals surface area contributed by atoms with Crippen LogP contribution in [0.15, 0.2) is 16.8 Å². The quantitative estimate of drug-likeness (QED) is 0.840. The van der Waals surface area contributed by atoms with Gasteiger partial charge in [0.1, 0.15) is 5.76 Å². The highest BCUT2D eigenvalue weighted by Crippen LogP contribution is 2.34. The van der Waals surface area contributed by atoms with Crippen molar-refractivity contribution < 1.29 is 9.32 Å². The third kappa shape index (κ3) is 3.20. The molecule has 1 amide bonds.